The van der Waals surface area contributed by atoms with Crippen LogP contribution in [0.1, 0.15) is 10.4 Å². The molecule has 0 atom stereocenters. The van der Waals surface area contributed by atoms with Crippen molar-refractivity contribution in [2.45, 2.75) is 6.61 Å². The largest absolute Gasteiger partial charge is 0.465 e. The minimum atomic E-state index is -3.03. The number of alkyl halides is 2. The zero-order chi connectivity index (χ0) is 13.3. The number of rotatable bonds is 3. The zero-order valence-corrected chi connectivity index (χ0v) is 10.5. The summed E-state index contributed by atoms with van der Waals surface area (Å²) in [6.07, 6.45) is 0. The van der Waals surface area contributed by atoms with Gasteiger partial charge in [0.1, 0.15) is 0 Å². The molecule has 0 N–H and O–H groups in total. The van der Waals surface area contributed by atoms with Gasteiger partial charge in [-0.3, -0.25) is 0 Å². The predicted molar refractivity (Wildman–Crippen MR) is 59.7 cm³/mol. The van der Waals surface area contributed by atoms with Gasteiger partial charge < -0.3 is 13.9 Å². The van der Waals surface area contributed by atoms with Gasteiger partial charge in [-0.1, -0.05) is 0 Å². The first-order chi connectivity index (χ1) is 8.51. The summed E-state index contributed by atoms with van der Waals surface area (Å²) in [6.45, 7) is -3.03. The van der Waals surface area contributed by atoms with Crippen molar-refractivity contribution in [3.05, 3.63) is 22.5 Å². The number of aromatic nitrogens is 1. The smallest absolute Gasteiger partial charge is 0.387 e. The molecule has 1 aromatic heterocycles. The van der Waals surface area contributed by atoms with Gasteiger partial charge in [-0.05, 0) is 12.1 Å². The molecule has 0 aliphatic heterocycles. The Morgan fingerprint density at radius 3 is 2.83 bits per heavy atom. The maximum absolute atomic E-state index is 12.3. The Hall–Kier alpha value is -1.70. The lowest BCUT2D eigenvalue weighted by Crippen LogP contribution is -2.05. The molecule has 0 spiro atoms. The number of fused-ring (bicyclic) bond motifs is 1. The fraction of sp³-hybridized carbons (Fsp3) is 0.200. The average molecular weight is 322 g/mol. The summed E-state index contributed by atoms with van der Waals surface area (Å²) < 4.78 is 38.4. The first kappa shape index (κ1) is 12.7. The van der Waals surface area contributed by atoms with Crippen LogP contribution in [0.25, 0.3) is 11.1 Å². The topological polar surface area (TPSA) is 61.6 Å². The number of nitrogens with zero attached hydrogens (tertiary/aromatic N) is 1. The Bertz CT molecular complexity index is 599. The van der Waals surface area contributed by atoms with Crippen LogP contribution in [0.3, 0.4) is 0 Å². The fourth-order valence-corrected chi connectivity index (χ4v) is 1.74. The lowest BCUT2D eigenvalue weighted by atomic mass is 10.2. The lowest BCUT2D eigenvalue weighted by molar-refractivity contribution is -0.0489. The number of methoxy groups -OCH3 is 1. The molecule has 96 valence electrons. The van der Waals surface area contributed by atoms with Gasteiger partial charge in [0.15, 0.2) is 16.8 Å². The van der Waals surface area contributed by atoms with Crippen LogP contribution in [0, 0.1) is 0 Å². The SMILES string of the molecule is COC(=O)c1cc(OC(F)F)c2nc(Br)oc2c1. The van der Waals surface area contributed by atoms with E-state index in [4.69, 9.17) is 4.42 Å². The van der Waals surface area contributed by atoms with Gasteiger partial charge in [0.2, 0.25) is 0 Å². The molecule has 1 heterocycles. The molecule has 0 amide bonds. The number of oxazole rings is 1. The van der Waals surface area contributed by atoms with Crippen LogP contribution in [0.4, 0.5) is 8.78 Å². The van der Waals surface area contributed by atoms with Crippen LogP contribution < -0.4 is 4.74 Å². The number of halogens is 3. The molecule has 0 bridgehead atoms. The minimum absolute atomic E-state index is 0.0318. The van der Waals surface area contributed by atoms with Crippen molar-refractivity contribution in [3.8, 4) is 5.75 Å². The minimum Gasteiger partial charge on any atom is -0.465 e. The summed E-state index contributed by atoms with van der Waals surface area (Å²) in [4.78, 5) is 15.3. The summed E-state index contributed by atoms with van der Waals surface area (Å²) in [5.41, 5.74) is 0.263. The standard InChI is InChI=1S/C10H6BrF2NO4/c1-16-8(15)4-2-5-7(14-9(11)17-5)6(3-4)18-10(12)13/h2-3,10H,1H3. The van der Waals surface area contributed by atoms with E-state index in [2.05, 4.69) is 30.4 Å². The lowest BCUT2D eigenvalue weighted by Gasteiger charge is -2.06. The summed E-state index contributed by atoms with van der Waals surface area (Å²) in [5, 5.41) is 0. The number of carbonyl (C=O) groups excluding carboxylic acids is 1. The third kappa shape index (κ3) is 2.42. The zero-order valence-electron chi connectivity index (χ0n) is 8.95. The highest BCUT2D eigenvalue weighted by Crippen LogP contribution is 2.31. The molecule has 8 heteroatoms. The van der Waals surface area contributed by atoms with Crippen LogP contribution in [0.5, 0.6) is 5.75 Å². The molecule has 0 fully saturated rings. The van der Waals surface area contributed by atoms with Gasteiger partial charge in [-0.2, -0.15) is 13.8 Å². The van der Waals surface area contributed by atoms with E-state index in [1.807, 2.05) is 0 Å². The van der Waals surface area contributed by atoms with E-state index in [1.54, 1.807) is 0 Å². The van der Waals surface area contributed by atoms with Crippen molar-refractivity contribution >= 4 is 33.0 Å². The van der Waals surface area contributed by atoms with Gasteiger partial charge in [0.05, 0.1) is 12.7 Å². The van der Waals surface area contributed by atoms with Crippen LogP contribution in [0.15, 0.2) is 21.3 Å². The molecular formula is C10H6BrF2NO4. The highest BCUT2D eigenvalue weighted by Gasteiger charge is 2.18. The van der Waals surface area contributed by atoms with Crippen molar-refractivity contribution in [2.75, 3.05) is 7.11 Å². The van der Waals surface area contributed by atoms with Crippen molar-refractivity contribution in [3.63, 3.8) is 0 Å². The Morgan fingerprint density at radius 1 is 1.50 bits per heavy atom. The van der Waals surface area contributed by atoms with Gasteiger partial charge in [-0.25, -0.2) is 4.79 Å². The molecule has 2 aromatic rings. The first-order valence-electron chi connectivity index (χ1n) is 4.64. The summed E-state index contributed by atoms with van der Waals surface area (Å²) in [6, 6.07) is 2.45. The average Bonchev–Trinajstić information content (AvgIpc) is 2.68. The van der Waals surface area contributed by atoms with Crippen molar-refractivity contribution in [1.82, 2.24) is 4.98 Å². The van der Waals surface area contributed by atoms with Gasteiger partial charge in [-0.15, -0.1) is 0 Å². The number of esters is 1. The van der Waals surface area contributed by atoms with E-state index in [0.29, 0.717) is 0 Å². The molecule has 0 saturated carbocycles. The molecular weight excluding hydrogens is 316 g/mol. The van der Waals surface area contributed by atoms with Crippen molar-refractivity contribution < 1.29 is 27.5 Å². The molecule has 5 nitrogen and oxygen atoms in total. The monoisotopic (exact) mass is 321 g/mol. The van der Waals surface area contributed by atoms with Gasteiger partial charge in [0.25, 0.3) is 4.80 Å². The predicted octanol–water partition coefficient (Wildman–Crippen LogP) is 2.98. The second-order valence-corrected chi connectivity index (χ2v) is 3.84. The number of hydrogen-bond acceptors (Lipinski definition) is 5. The van der Waals surface area contributed by atoms with E-state index in [1.165, 1.54) is 13.2 Å². The number of ether oxygens (including phenoxy) is 2. The third-order valence-corrected chi connectivity index (χ3v) is 2.41. The van der Waals surface area contributed by atoms with Crippen LogP contribution in [-0.4, -0.2) is 24.7 Å². The van der Waals surface area contributed by atoms with E-state index >= 15 is 0 Å². The Balaban J connectivity index is 2.60. The van der Waals surface area contributed by atoms with Crippen molar-refractivity contribution in [1.29, 1.82) is 0 Å². The second kappa shape index (κ2) is 4.89. The molecule has 0 unspecified atom stereocenters. The molecule has 2 rings (SSSR count). The van der Waals surface area contributed by atoms with Crippen LogP contribution in [0.2, 0.25) is 0 Å². The number of hydrogen-bond donors (Lipinski definition) is 0. The molecule has 18 heavy (non-hydrogen) atoms. The molecule has 0 radical (unpaired) electrons. The number of benzene rings is 1. The van der Waals surface area contributed by atoms with Crippen molar-refractivity contribution in [2.24, 2.45) is 0 Å². The molecule has 0 aliphatic carbocycles. The third-order valence-electron chi connectivity index (χ3n) is 2.07. The second-order valence-electron chi connectivity index (χ2n) is 3.16. The highest BCUT2D eigenvalue weighted by molar-refractivity contribution is 9.10. The Kier molecular flexibility index (Phi) is 3.46. The maximum Gasteiger partial charge on any atom is 0.387 e. The molecule has 1 aromatic carbocycles. The Labute approximate surface area is 108 Å². The summed E-state index contributed by atoms with van der Waals surface area (Å²) in [5.74, 6) is -0.944. The normalized spacial score (nSPS) is 10.9. The maximum atomic E-state index is 12.3. The number of carbonyl (C=O) groups is 1. The van der Waals surface area contributed by atoms with E-state index in [0.717, 1.165) is 6.07 Å². The first-order valence-corrected chi connectivity index (χ1v) is 5.43. The van der Waals surface area contributed by atoms with Gasteiger partial charge in [0, 0.05) is 15.9 Å². The van der Waals surface area contributed by atoms with E-state index in [-0.39, 0.29) is 27.2 Å². The fourth-order valence-electron chi connectivity index (χ4n) is 1.39. The van der Waals surface area contributed by atoms with Crippen LogP contribution in [-0.2, 0) is 4.74 Å². The highest BCUT2D eigenvalue weighted by atomic mass is 79.9. The Morgan fingerprint density at radius 2 is 2.22 bits per heavy atom. The van der Waals surface area contributed by atoms with E-state index < -0.39 is 12.6 Å². The quantitative estimate of drug-likeness (QED) is 0.813. The molecule has 0 saturated heterocycles. The summed E-state index contributed by atoms with van der Waals surface area (Å²) >= 11 is 2.97. The van der Waals surface area contributed by atoms with E-state index in [9.17, 15) is 13.6 Å². The molecule has 0 aliphatic rings. The van der Waals surface area contributed by atoms with Crippen LogP contribution >= 0.6 is 15.9 Å². The van der Waals surface area contributed by atoms with Gasteiger partial charge >= 0.3 is 12.6 Å². The summed E-state index contributed by atoms with van der Waals surface area (Å²) in [7, 11) is 1.18.